The van der Waals surface area contributed by atoms with E-state index in [2.05, 4.69) is 15.0 Å². The summed E-state index contributed by atoms with van der Waals surface area (Å²) in [6.45, 7) is 1.83. The highest BCUT2D eigenvalue weighted by Crippen LogP contribution is 2.27. The van der Waals surface area contributed by atoms with Crippen molar-refractivity contribution in [2.75, 3.05) is 12.4 Å². The van der Waals surface area contributed by atoms with Crippen molar-refractivity contribution in [3.8, 4) is 0 Å². The van der Waals surface area contributed by atoms with Crippen molar-refractivity contribution in [2.45, 2.75) is 18.0 Å². The second-order valence-electron chi connectivity index (χ2n) is 4.43. The molecule has 21 heavy (non-hydrogen) atoms. The van der Waals surface area contributed by atoms with Gasteiger partial charge in [-0.25, -0.2) is 18.1 Å². The number of fused-ring (bicyclic) bond motifs is 1. The van der Waals surface area contributed by atoms with Crippen LogP contribution >= 0.6 is 22.7 Å². The Bertz CT molecular complexity index is 848. The third kappa shape index (κ3) is 2.57. The van der Waals surface area contributed by atoms with Gasteiger partial charge in [0, 0.05) is 23.5 Å². The number of hydrogen-bond donors (Lipinski definition) is 2. The fourth-order valence-corrected chi connectivity index (χ4v) is 5.16. The van der Waals surface area contributed by atoms with Crippen LogP contribution in [0.25, 0.3) is 4.96 Å². The van der Waals surface area contributed by atoms with E-state index >= 15 is 0 Å². The largest absolute Gasteiger partial charge is 0.371 e. The molecular weight excluding hydrogens is 328 g/mol. The highest BCUT2D eigenvalue weighted by molar-refractivity contribution is 7.89. The average molecular weight is 342 g/mol. The van der Waals surface area contributed by atoms with E-state index in [1.807, 2.05) is 29.8 Å². The Morgan fingerprint density at radius 3 is 2.81 bits per heavy atom. The molecule has 3 aromatic rings. The predicted octanol–water partition coefficient (Wildman–Crippen LogP) is 2.54. The van der Waals surface area contributed by atoms with Crippen LogP contribution in [-0.4, -0.2) is 24.9 Å². The molecule has 0 amide bonds. The third-order valence-corrected chi connectivity index (χ3v) is 6.39. The molecule has 3 heterocycles. The molecule has 112 valence electrons. The van der Waals surface area contributed by atoms with Crippen molar-refractivity contribution >= 4 is 43.5 Å². The molecule has 0 bridgehead atoms. The molecule has 0 saturated heterocycles. The topological polar surface area (TPSA) is 75.5 Å². The molecule has 1 unspecified atom stereocenters. The summed E-state index contributed by atoms with van der Waals surface area (Å²) in [5, 5.41) is 6.72. The van der Waals surface area contributed by atoms with E-state index in [0.717, 1.165) is 4.88 Å². The Balaban J connectivity index is 2.02. The van der Waals surface area contributed by atoms with Crippen LogP contribution in [0, 0.1) is 0 Å². The molecule has 0 saturated carbocycles. The zero-order valence-electron chi connectivity index (χ0n) is 11.4. The average Bonchev–Trinajstić information content (AvgIpc) is 3.13. The number of thiazole rings is 1. The number of imidazole rings is 1. The number of nitrogens with one attached hydrogen (secondary N) is 2. The lowest BCUT2D eigenvalue weighted by Crippen LogP contribution is -2.28. The zero-order valence-corrected chi connectivity index (χ0v) is 13.8. The maximum Gasteiger partial charge on any atom is 0.260 e. The first-order valence-corrected chi connectivity index (χ1v) is 9.46. The first-order chi connectivity index (χ1) is 10.0. The maximum atomic E-state index is 12.7. The molecule has 3 aromatic heterocycles. The van der Waals surface area contributed by atoms with Gasteiger partial charge in [0.2, 0.25) is 0 Å². The monoisotopic (exact) mass is 342 g/mol. The highest BCUT2D eigenvalue weighted by Gasteiger charge is 2.27. The van der Waals surface area contributed by atoms with Crippen molar-refractivity contribution in [1.29, 1.82) is 0 Å². The molecule has 0 aliphatic heterocycles. The summed E-state index contributed by atoms with van der Waals surface area (Å²) >= 11 is 2.91. The molecule has 1 atom stereocenters. The SMILES string of the molecule is CNc1nc2sccn2c1S(=O)(=O)NC(C)c1cccs1. The van der Waals surface area contributed by atoms with E-state index in [0.29, 0.717) is 10.8 Å². The third-order valence-electron chi connectivity index (χ3n) is 3.01. The molecule has 6 nitrogen and oxygen atoms in total. The molecule has 0 aromatic carbocycles. The van der Waals surface area contributed by atoms with Gasteiger partial charge in [-0.3, -0.25) is 4.40 Å². The summed E-state index contributed by atoms with van der Waals surface area (Å²) < 4.78 is 29.7. The standard InChI is InChI=1S/C12H14N4O2S3/c1-8(9-4-3-6-19-9)15-21(17,18)11-10(13-2)14-12-16(11)5-7-20-12/h3-8,13,15H,1-2H3. The minimum atomic E-state index is -3.68. The summed E-state index contributed by atoms with van der Waals surface area (Å²) in [5.41, 5.74) is 0. The fraction of sp³-hybridized carbons (Fsp3) is 0.250. The van der Waals surface area contributed by atoms with Crippen molar-refractivity contribution in [1.82, 2.24) is 14.1 Å². The van der Waals surface area contributed by atoms with Gasteiger partial charge in [0.15, 0.2) is 15.8 Å². The first kappa shape index (κ1) is 14.5. The number of rotatable bonds is 5. The normalized spacial score (nSPS) is 13.6. The van der Waals surface area contributed by atoms with Crippen LogP contribution in [0.15, 0.2) is 34.1 Å². The van der Waals surface area contributed by atoms with Crippen LogP contribution in [0.5, 0.6) is 0 Å². The quantitative estimate of drug-likeness (QED) is 0.747. The van der Waals surface area contributed by atoms with Crippen molar-refractivity contribution in [3.05, 3.63) is 34.0 Å². The van der Waals surface area contributed by atoms with Crippen LogP contribution in [0.1, 0.15) is 17.8 Å². The number of aromatic nitrogens is 2. The van der Waals surface area contributed by atoms with Gasteiger partial charge in [0.1, 0.15) is 0 Å². The van der Waals surface area contributed by atoms with Crippen LogP contribution in [0.3, 0.4) is 0 Å². The summed E-state index contributed by atoms with van der Waals surface area (Å²) in [7, 11) is -2.02. The van der Waals surface area contributed by atoms with Crippen molar-refractivity contribution in [3.63, 3.8) is 0 Å². The van der Waals surface area contributed by atoms with E-state index in [1.165, 1.54) is 22.7 Å². The van der Waals surface area contributed by atoms with E-state index in [4.69, 9.17) is 0 Å². The predicted molar refractivity (Wildman–Crippen MR) is 85.7 cm³/mol. The summed E-state index contributed by atoms with van der Waals surface area (Å²) in [4.78, 5) is 5.89. The molecule has 0 aliphatic carbocycles. The van der Waals surface area contributed by atoms with Gasteiger partial charge in [-0.05, 0) is 18.4 Å². The Morgan fingerprint density at radius 1 is 1.33 bits per heavy atom. The molecule has 2 N–H and O–H groups in total. The molecular formula is C12H14N4O2S3. The maximum absolute atomic E-state index is 12.7. The zero-order chi connectivity index (χ0) is 15.0. The molecule has 9 heteroatoms. The van der Waals surface area contributed by atoms with E-state index in [1.54, 1.807) is 17.6 Å². The van der Waals surface area contributed by atoms with Gasteiger partial charge >= 0.3 is 0 Å². The van der Waals surface area contributed by atoms with Crippen molar-refractivity contribution in [2.24, 2.45) is 0 Å². The molecule has 0 radical (unpaired) electrons. The number of sulfonamides is 1. The van der Waals surface area contributed by atoms with E-state index in [9.17, 15) is 8.42 Å². The van der Waals surface area contributed by atoms with Gasteiger partial charge in [0.25, 0.3) is 10.0 Å². The Labute approximate surface area is 130 Å². The lowest BCUT2D eigenvalue weighted by molar-refractivity contribution is 0.564. The molecule has 3 rings (SSSR count). The van der Waals surface area contributed by atoms with Crippen molar-refractivity contribution < 1.29 is 8.42 Å². The highest BCUT2D eigenvalue weighted by atomic mass is 32.2. The van der Waals surface area contributed by atoms with Gasteiger partial charge in [-0.1, -0.05) is 6.07 Å². The summed E-state index contributed by atoms with van der Waals surface area (Å²) in [6, 6.07) is 3.52. The second kappa shape index (κ2) is 5.41. The smallest absolute Gasteiger partial charge is 0.260 e. The van der Waals surface area contributed by atoms with Crippen LogP contribution in [-0.2, 0) is 10.0 Å². The Hall–Kier alpha value is -1.42. The van der Waals surface area contributed by atoms with Gasteiger partial charge in [-0.15, -0.1) is 22.7 Å². The van der Waals surface area contributed by atoms with Crippen LogP contribution in [0.2, 0.25) is 0 Å². The van der Waals surface area contributed by atoms with Crippen LogP contribution in [0.4, 0.5) is 5.82 Å². The van der Waals surface area contributed by atoms with Crippen LogP contribution < -0.4 is 10.0 Å². The number of nitrogens with zero attached hydrogens (tertiary/aromatic N) is 2. The van der Waals surface area contributed by atoms with Gasteiger partial charge in [0.05, 0.1) is 6.04 Å². The van der Waals surface area contributed by atoms with E-state index in [-0.39, 0.29) is 11.1 Å². The first-order valence-electron chi connectivity index (χ1n) is 6.22. The minimum Gasteiger partial charge on any atom is -0.371 e. The Kier molecular flexibility index (Phi) is 3.74. The number of hydrogen-bond acceptors (Lipinski definition) is 6. The molecule has 0 fully saturated rings. The lowest BCUT2D eigenvalue weighted by Gasteiger charge is -2.13. The Morgan fingerprint density at radius 2 is 2.14 bits per heavy atom. The summed E-state index contributed by atoms with van der Waals surface area (Å²) in [6.07, 6.45) is 1.71. The fourth-order valence-electron chi connectivity index (χ4n) is 2.07. The summed E-state index contributed by atoms with van der Waals surface area (Å²) in [5.74, 6) is 0.354. The van der Waals surface area contributed by atoms with E-state index < -0.39 is 10.0 Å². The molecule has 0 spiro atoms. The second-order valence-corrected chi connectivity index (χ2v) is 7.91. The number of anilines is 1. The minimum absolute atomic E-state index is 0.143. The molecule has 0 aliphatic rings. The number of thiophene rings is 1. The van der Waals surface area contributed by atoms with Gasteiger partial charge in [-0.2, -0.15) is 0 Å². The van der Waals surface area contributed by atoms with Gasteiger partial charge < -0.3 is 5.32 Å². The lowest BCUT2D eigenvalue weighted by atomic mass is 10.3.